The molecule has 0 aliphatic heterocycles. The fourth-order valence-electron chi connectivity index (χ4n) is 2.31. The van der Waals surface area contributed by atoms with E-state index in [9.17, 15) is 18.0 Å². The van der Waals surface area contributed by atoms with Crippen LogP contribution in [0.15, 0.2) is 18.2 Å². The number of nitrogens with one attached hydrogen (secondary N) is 2. The molecular weight excluding hydrogens is 362 g/mol. The monoisotopic (exact) mass is 387 g/mol. The Labute approximate surface area is 153 Å². The summed E-state index contributed by atoms with van der Waals surface area (Å²) in [5.74, 6) is -0.0921. The molecule has 0 spiro atoms. The number of carbonyl (C=O) groups is 2. The van der Waals surface area contributed by atoms with Crippen molar-refractivity contribution < 1.29 is 27.3 Å². The van der Waals surface area contributed by atoms with Gasteiger partial charge in [0.15, 0.2) is 0 Å². The summed E-state index contributed by atoms with van der Waals surface area (Å²) in [5, 5.41) is 2.45. The number of urea groups is 1. The fraction of sp³-hybridized carbons (Fsp3) is 0.500. The van der Waals surface area contributed by atoms with Crippen molar-refractivity contribution in [3.05, 3.63) is 23.8 Å². The van der Waals surface area contributed by atoms with Gasteiger partial charge in [0.1, 0.15) is 5.75 Å². The smallest absolute Gasteiger partial charge is 0.357 e. The number of imide groups is 1. The molecule has 3 N–H and O–H groups in total. The van der Waals surface area contributed by atoms with Crippen LogP contribution in [-0.4, -0.2) is 50.5 Å². The van der Waals surface area contributed by atoms with Crippen molar-refractivity contribution in [2.24, 2.45) is 0 Å². The number of rotatable bonds is 9. The lowest BCUT2D eigenvalue weighted by Gasteiger charge is -2.20. The van der Waals surface area contributed by atoms with Crippen LogP contribution >= 0.6 is 0 Å². The average Bonchev–Trinajstić information content (AvgIpc) is 2.58. The molecule has 0 heterocycles. The van der Waals surface area contributed by atoms with Crippen LogP contribution < -0.4 is 14.8 Å². The Bertz CT molecular complexity index is 736. The average molecular weight is 387 g/mol. The molecule has 1 aromatic rings. The molecule has 3 amide bonds. The summed E-state index contributed by atoms with van der Waals surface area (Å²) in [5.41, 5.74) is 0.715. The number of aryl methyl sites for hydroxylation is 1. The highest BCUT2D eigenvalue weighted by Crippen LogP contribution is 2.26. The zero-order chi connectivity index (χ0) is 19.7. The van der Waals surface area contributed by atoms with E-state index in [0.717, 1.165) is 6.42 Å². The number of hydrogen-bond acceptors (Lipinski definition) is 5. The molecule has 0 bridgehead atoms. The van der Waals surface area contributed by atoms with Crippen LogP contribution in [-0.2, 0) is 21.5 Å². The number of unbranched alkanes of at least 4 members (excludes halogenated alkanes) is 1. The quantitative estimate of drug-likeness (QED) is 0.555. The van der Waals surface area contributed by atoms with Gasteiger partial charge in [-0.2, -0.15) is 8.42 Å². The van der Waals surface area contributed by atoms with Crippen molar-refractivity contribution in [1.82, 2.24) is 10.2 Å². The van der Waals surface area contributed by atoms with Gasteiger partial charge in [-0.15, -0.1) is 0 Å². The van der Waals surface area contributed by atoms with E-state index in [-0.39, 0.29) is 23.8 Å². The fourth-order valence-corrected chi connectivity index (χ4v) is 2.74. The summed E-state index contributed by atoms with van der Waals surface area (Å²) in [6, 6.07) is 4.22. The highest BCUT2D eigenvalue weighted by molar-refractivity contribution is 7.87. The molecule has 0 fully saturated rings. The third-order valence-corrected chi connectivity index (χ3v) is 4.10. The van der Waals surface area contributed by atoms with Crippen molar-refractivity contribution in [2.75, 3.05) is 25.4 Å². The van der Waals surface area contributed by atoms with Crippen LogP contribution in [0.3, 0.4) is 0 Å². The van der Waals surface area contributed by atoms with Gasteiger partial charge >= 0.3 is 16.3 Å². The Kier molecular flexibility index (Phi) is 8.33. The molecule has 1 rings (SSSR count). The van der Waals surface area contributed by atoms with Crippen molar-refractivity contribution in [1.29, 1.82) is 0 Å². The maximum absolute atomic E-state index is 12.3. The van der Waals surface area contributed by atoms with E-state index in [4.69, 9.17) is 9.29 Å². The van der Waals surface area contributed by atoms with Gasteiger partial charge < -0.3 is 10.1 Å². The molecule has 0 aliphatic rings. The molecule has 0 saturated heterocycles. The Morgan fingerprint density at radius 1 is 1.31 bits per heavy atom. The van der Waals surface area contributed by atoms with E-state index in [0.29, 0.717) is 24.9 Å². The molecule has 0 atom stereocenters. The first-order valence-electron chi connectivity index (χ1n) is 8.16. The first-order chi connectivity index (χ1) is 12.2. The minimum Gasteiger partial charge on any atom is -0.495 e. The Hall–Kier alpha value is -2.33. The second-order valence-electron chi connectivity index (χ2n) is 5.57. The number of methoxy groups -OCH3 is 1. The third kappa shape index (κ3) is 6.89. The molecule has 10 heteroatoms. The van der Waals surface area contributed by atoms with Crippen molar-refractivity contribution in [3.63, 3.8) is 0 Å². The molecule has 0 unspecified atom stereocenters. The normalized spacial score (nSPS) is 10.9. The molecule has 0 radical (unpaired) electrons. The van der Waals surface area contributed by atoms with Gasteiger partial charge in [0, 0.05) is 20.0 Å². The van der Waals surface area contributed by atoms with Gasteiger partial charge in [0.05, 0.1) is 12.8 Å². The van der Waals surface area contributed by atoms with E-state index in [1.54, 1.807) is 6.07 Å². The highest BCUT2D eigenvalue weighted by atomic mass is 32.2. The summed E-state index contributed by atoms with van der Waals surface area (Å²) in [4.78, 5) is 25.4. The van der Waals surface area contributed by atoms with E-state index in [1.807, 2.05) is 11.6 Å². The Morgan fingerprint density at radius 3 is 2.54 bits per heavy atom. The number of amides is 3. The van der Waals surface area contributed by atoms with Crippen LogP contribution in [0.2, 0.25) is 0 Å². The third-order valence-electron chi connectivity index (χ3n) is 3.63. The molecule has 0 aliphatic carbocycles. The zero-order valence-electron chi connectivity index (χ0n) is 15.1. The molecule has 1 aromatic carbocycles. The van der Waals surface area contributed by atoms with Crippen LogP contribution in [0.25, 0.3) is 0 Å². The van der Waals surface area contributed by atoms with Gasteiger partial charge in [-0.25, -0.2) is 4.79 Å². The standard InChI is InChI=1S/C16H25N3O6S/c1-4-5-10-19(16(21)17-2)15(20)9-7-12-6-8-14(25-3)13(11-12)18-26(22,23)24/h6,8,11,18H,4-5,7,9-10H2,1-3H3,(H,17,21)(H,22,23,24). The van der Waals surface area contributed by atoms with Gasteiger partial charge in [-0.3, -0.25) is 19.0 Å². The number of nitrogens with zero attached hydrogens (tertiary/aromatic N) is 1. The molecule has 0 saturated carbocycles. The van der Waals surface area contributed by atoms with Crippen LogP contribution in [0, 0.1) is 0 Å². The number of carbonyl (C=O) groups excluding carboxylic acids is 2. The summed E-state index contributed by atoms with van der Waals surface area (Å²) in [6.07, 6.45) is 1.94. The molecular formula is C16H25N3O6S. The lowest BCUT2D eigenvalue weighted by molar-refractivity contribution is -0.128. The van der Waals surface area contributed by atoms with Crippen LogP contribution in [0.5, 0.6) is 5.75 Å². The molecule has 146 valence electrons. The summed E-state index contributed by atoms with van der Waals surface area (Å²) < 4.78 is 38.0. The summed E-state index contributed by atoms with van der Waals surface area (Å²) >= 11 is 0. The van der Waals surface area contributed by atoms with Gasteiger partial charge in [0.2, 0.25) is 5.91 Å². The lowest BCUT2D eigenvalue weighted by Crippen LogP contribution is -2.43. The van der Waals surface area contributed by atoms with E-state index in [1.165, 1.54) is 31.2 Å². The highest BCUT2D eigenvalue weighted by Gasteiger charge is 2.19. The van der Waals surface area contributed by atoms with E-state index in [2.05, 4.69) is 5.32 Å². The predicted octanol–water partition coefficient (Wildman–Crippen LogP) is 1.81. The zero-order valence-corrected chi connectivity index (χ0v) is 15.9. The number of ether oxygens (including phenoxy) is 1. The summed E-state index contributed by atoms with van der Waals surface area (Å²) in [7, 11) is -1.63. The van der Waals surface area contributed by atoms with Crippen LogP contribution in [0.4, 0.5) is 10.5 Å². The van der Waals surface area contributed by atoms with Crippen LogP contribution in [0.1, 0.15) is 31.7 Å². The Balaban J connectivity index is 2.86. The topological polar surface area (TPSA) is 125 Å². The Morgan fingerprint density at radius 2 is 2.00 bits per heavy atom. The first kappa shape index (κ1) is 21.7. The number of hydrogen-bond donors (Lipinski definition) is 3. The van der Waals surface area contributed by atoms with Crippen molar-refractivity contribution >= 4 is 27.9 Å². The second-order valence-corrected chi connectivity index (χ2v) is 6.72. The van der Waals surface area contributed by atoms with Gasteiger partial charge in [-0.1, -0.05) is 19.4 Å². The SMILES string of the molecule is CCCCN(C(=O)CCc1ccc(OC)c(NS(=O)(=O)O)c1)C(=O)NC. The minimum atomic E-state index is -4.45. The lowest BCUT2D eigenvalue weighted by atomic mass is 10.1. The molecule has 0 aromatic heterocycles. The minimum absolute atomic E-state index is 0.0640. The largest absolute Gasteiger partial charge is 0.495 e. The summed E-state index contributed by atoms with van der Waals surface area (Å²) in [6.45, 7) is 2.31. The van der Waals surface area contributed by atoms with Crippen molar-refractivity contribution in [2.45, 2.75) is 32.6 Å². The van der Waals surface area contributed by atoms with E-state index >= 15 is 0 Å². The number of anilines is 1. The van der Waals surface area contributed by atoms with Gasteiger partial charge in [0.25, 0.3) is 0 Å². The van der Waals surface area contributed by atoms with E-state index < -0.39 is 16.3 Å². The molecule has 9 nitrogen and oxygen atoms in total. The number of benzene rings is 1. The first-order valence-corrected chi connectivity index (χ1v) is 9.60. The maximum Gasteiger partial charge on any atom is 0.357 e. The second kappa shape index (κ2) is 9.97. The van der Waals surface area contributed by atoms with Gasteiger partial charge in [-0.05, 0) is 30.5 Å². The van der Waals surface area contributed by atoms with Crippen molar-refractivity contribution in [3.8, 4) is 5.75 Å². The maximum atomic E-state index is 12.3. The molecule has 26 heavy (non-hydrogen) atoms. The predicted molar refractivity (Wildman–Crippen MR) is 97.6 cm³/mol.